The van der Waals surface area contributed by atoms with Gasteiger partial charge >= 0.3 is 0 Å². The molecule has 0 saturated heterocycles. The van der Waals surface area contributed by atoms with Crippen LogP contribution in [0.4, 0.5) is 0 Å². The van der Waals surface area contributed by atoms with Crippen molar-refractivity contribution in [3.05, 3.63) is 83.6 Å². The van der Waals surface area contributed by atoms with Crippen LogP contribution in [0, 0.1) is 0 Å². The van der Waals surface area contributed by atoms with Crippen LogP contribution in [0.15, 0.2) is 65.4 Å². The smallest absolute Gasteiger partial charge is 0.254 e. The van der Waals surface area contributed by atoms with Crippen molar-refractivity contribution < 1.29 is 18.7 Å². The van der Waals surface area contributed by atoms with Gasteiger partial charge in [-0.2, -0.15) is 0 Å². The summed E-state index contributed by atoms with van der Waals surface area (Å²) in [5, 5.41) is 0. The molecule has 0 aliphatic heterocycles. The summed E-state index contributed by atoms with van der Waals surface area (Å²) in [5.74, 6) is 0.367. The minimum Gasteiger partial charge on any atom is -0.467 e. The van der Waals surface area contributed by atoms with E-state index in [1.54, 1.807) is 29.2 Å². The Morgan fingerprint density at radius 3 is 2.44 bits per heavy atom. The number of methoxy groups -OCH3 is 1. The summed E-state index contributed by atoms with van der Waals surface area (Å²) in [7, 11) is 3.54. The number of carbonyl (C=O) groups excluding carboxylic acids is 2. The highest BCUT2D eigenvalue weighted by Gasteiger charge is 2.24. The quantitative estimate of drug-likeness (QED) is 0.378. The van der Waals surface area contributed by atoms with Crippen molar-refractivity contribution in [2.75, 3.05) is 26.8 Å². The summed E-state index contributed by atoms with van der Waals surface area (Å²) in [5.41, 5.74) is 2.78. The highest BCUT2D eigenvalue weighted by molar-refractivity contribution is 5.96. The van der Waals surface area contributed by atoms with Gasteiger partial charge in [0.05, 0.1) is 26.0 Å². The zero-order chi connectivity index (χ0) is 24.3. The minimum atomic E-state index is -0.177. The number of unbranched alkanes of at least 4 members (excludes halogenated alkanes) is 1. The molecule has 3 aromatic rings. The predicted octanol–water partition coefficient (Wildman–Crippen LogP) is 4.28. The summed E-state index contributed by atoms with van der Waals surface area (Å²) >= 11 is 0. The maximum Gasteiger partial charge on any atom is 0.254 e. The highest BCUT2D eigenvalue weighted by atomic mass is 16.5. The van der Waals surface area contributed by atoms with Crippen LogP contribution in [0.5, 0.6) is 0 Å². The van der Waals surface area contributed by atoms with Crippen molar-refractivity contribution >= 4 is 11.8 Å². The van der Waals surface area contributed by atoms with Gasteiger partial charge in [-0.1, -0.05) is 25.5 Å². The number of benzene rings is 1. The molecule has 2 heterocycles. The number of carbonyl (C=O) groups is 2. The molecule has 0 N–H and O–H groups in total. The van der Waals surface area contributed by atoms with Crippen LogP contribution in [0.25, 0.3) is 0 Å². The Kier molecular flexibility index (Phi) is 9.52. The molecular formula is C27H35N3O4. The Morgan fingerprint density at radius 2 is 1.82 bits per heavy atom. The number of amides is 2. The molecule has 0 fully saturated rings. The van der Waals surface area contributed by atoms with Crippen LogP contribution in [-0.4, -0.2) is 53.0 Å². The third-order valence-corrected chi connectivity index (χ3v) is 5.88. The lowest BCUT2D eigenvalue weighted by Gasteiger charge is -2.27. The van der Waals surface area contributed by atoms with E-state index >= 15 is 0 Å². The molecule has 0 saturated carbocycles. The molecule has 0 bridgehead atoms. The number of rotatable bonds is 13. The lowest BCUT2D eigenvalue weighted by atomic mass is 10.1. The fraction of sp³-hybridized carbons (Fsp3) is 0.407. The number of aromatic nitrogens is 1. The Morgan fingerprint density at radius 1 is 1.03 bits per heavy atom. The first-order valence-corrected chi connectivity index (χ1v) is 11.8. The number of aryl methyl sites for hydroxylation is 2. The van der Waals surface area contributed by atoms with E-state index in [0.717, 1.165) is 25.0 Å². The number of ether oxygens (including phenoxy) is 1. The number of nitrogens with zero attached hydrogens (tertiary/aromatic N) is 3. The molecule has 7 heteroatoms. The molecule has 182 valence electrons. The average Bonchev–Trinajstić information content (AvgIpc) is 3.51. The normalized spacial score (nSPS) is 10.9. The average molecular weight is 466 g/mol. The molecule has 0 atom stereocenters. The van der Waals surface area contributed by atoms with Gasteiger partial charge in [0.15, 0.2) is 0 Å². The zero-order valence-corrected chi connectivity index (χ0v) is 20.4. The first-order chi connectivity index (χ1) is 16.5. The van der Waals surface area contributed by atoms with Crippen LogP contribution in [-0.2, 0) is 36.1 Å². The van der Waals surface area contributed by atoms with E-state index < -0.39 is 0 Å². The molecule has 2 amide bonds. The lowest BCUT2D eigenvalue weighted by Crippen LogP contribution is -2.43. The van der Waals surface area contributed by atoms with E-state index in [2.05, 4.69) is 6.92 Å². The van der Waals surface area contributed by atoms with E-state index in [-0.39, 0.29) is 18.4 Å². The van der Waals surface area contributed by atoms with Crippen molar-refractivity contribution in [3.8, 4) is 0 Å². The van der Waals surface area contributed by atoms with Crippen LogP contribution in [0.1, 0.15) is 47.1 Å². The van der Waals surface area contributed by atoms with Gasteiger partial charge in [-0.15, -0.1) is 0 Å². The van der Waals surface area contributed by atoms with Crippen molar-refractivity contribution in [2.24, 2.45) is 7.05 Å². The summed E-state index contributed by atoms with van der Waals surface area (Å²) in [6.45, 7) is 3.55. The highest BCUT2D eigenvalue weighted by Crippen LogP contribution is 2.14. The largest absolute Gasteiger partial charge is 0.467 e. The van der Waals surface area contributed by atoms with E-state index in [9.17, 15) is 9.59 Å². The topological polar surface area (TPSA) is 67.9 Å². The molecule has 2 aromatic heterocycles. The van der Waals surface area contributed by atoms with Crippen LogP contribution in [0.2, 0.25) is 0 Å². The minimum absolute atomic E-state index is 0.0368. The van der Waals surface area contributed by atoms with Crippen molar-refractivity contribution in [1.82, 2.24) is 14.4 Å². The summed E-state index contributed by atoms with van der Waals surface area (Å²) in [4.78, 5) is 30.0. The predicted molar refractivity (Wildman–Crippen MR) is 131 cm³/mol. The molecular weight excluding hydrogens is 430 g/mol. The fourth-order valence-corrected chi connectivity index (χ4v) is 3.77. The van der Waals surface area contributed by atoms with E-state index in [1.807, 2.05) is 60.3 Å². The van der Waals surface area contributed by atoms with Gasteiger partial charge < -0.3 is 23.5 Å². The van der Waals surface area contributed by atoms with Crippen molar-refractivity contribution in [2.45, 2.75) is 39.3 Å². The van der Waals surface area contributed by atoms with E-state index in [4.69, 9.17) is 9.15 Å². The maximum atomic E-state index is 13.4. The van der Waals surface area contributed by atoms with Crippen LogP contribution in [0.3, 0.4) is 0 Å². The Bertz CT molecular complexity index is 1020. The van der Waals surface area contributed by atoms with Gasteiger partial charge in [0, 0.05) is 38.2 Å². The number of hydrogen-bond donors (Lipinski definition) is 0. The van der Waals surface area contributed by atoms with Crippen LogP contribution >= 0.6 is 0 Å². The molecule has 0 aliphatic carbocycles. The van der Waals surface area contributed by atoms with Gasteiger partial charge in [0.25, 0.3) is 5.91 Å². The summed E-state index contributed by atoms with van der Waals surface area (Å²) in [6, 6.07) is 15.3. The molecule has 0 unspecified atom stereocenters. The first-order valence-electron chi connectivity index (χ1n) is 11.8. The molecule has 0 aliphatic rings. The molecule has 0 radical (unpaired) electrons. The monoisotopic (exact) mass is 465 g/mol. The third kappa shape index (κ3) is 7.09. The Labute approximate surface area is 201 Å². The second-order valence-corrected chi connectivity index (χ2v) is 8.46. The number of hydrogen-bond acceptors (Lipinski definition) is 4. The third-order valence-electron chi connectivity index (χ3n) is 5.88. The fourth-order valence-electron chi connectivity index (χ4n) is 3.77. The van der Waals surface area contributed by atoms with Crippen LogP contribution < -0.4 is 0 Å². The summed E-state index contributed by atoms with van der Waals surface area (Å²) < 4.78 is 12.7. The van der Waals surface area contributed by atoms with Gasteiger partial charge in [0.1, 0.15) is 12.3 Å². The van der Waals surface area contributed by atoms with Gasteiger partial charge in [-0.25, -0.2) is 0 Å². The molecule has 34 heavy (non-hydrogen) atoms. The second-order valence-electron chi connectivity index (χ2n) is 8.46. The van der Waals surface area contributed by atoms with Gasteiger partial charge in [0.2, 0.25) is 5.91 Å². The second kappa shape index (κ2) is 12.8. The molecule has 1 aromatic carbocycles. The van der Waals surface area contributed by atoms with Crippen molar-refractivity contribution in [1.29, 1.82) is 0 Å². The lowest BCUT2D eigenvalue weighted by molar-refractivity contribution is -0.133. The zero-order valence-electron chi connectivity index (χ0n) is 20.4. The Balaban J connectivity index is 1.75. The van der Waals surface area contributed by atoms with Gasteiger partial charge in [-0.3, -0.25) is 9.59 Å². The summed E-state index contributed by atoms with van der Waals surface area (Å²) in [6.07, 6.45) is 6.79. The number of furan rings is 1. The Hall–Kier alpha value is -3.32. The van der Waals surface area contributed by atoms with Gasteiger partial charge in [-0.05, 0) is 54.8 Å². The van der Waals surface area contributed by atoms with E-state index in [0.29, 0.717) is 37.6 Å². The maximum absolute atomic E-state index is 13.4. The SMILES string of the molecule is CCCCc1ccc(C(=O)N(CCOC)CC(=O)N(Cc2ccco2)Cc2cccn2C)cc1. The molecule has 0 spiro atoms. The molecule has 3 rings (SSSR count). The standard InChI is InChI=1S/C27H35N3O4/c1-4-5-8-22-11-13-23(14-12-22)27(32)29(16-18-33-3)21-26(31)30(20-25-10-7-17-34-25)19-24-9-6-15-28(24)2/h6-7,9-15,17H,4-5,8,16,18-21H2,1-3H3. The van der Waals surface area contributed by atoms with E-state index in [1.165, 1.54) is 5.56 Å². The molecule has 7 nitrogen and oxygen atoms in total. The first kappa shape index (κ1) is 25.3. The van der Waals surface area contributed by atoms with Crippen molar-refractivity contribution in [3.63, 3.8) is 0 Å².